The van der Waals surface area contributed by atoms with Crippen LogP contribution in [-0.4, -0.2) is 19.6 Å². The summed E-state index contributed by atoms with van der Waals surface area (Å²) >= 11 is 0. The molecule has 7 rings (SSSR count). The lowest BCUT2D eigenvalue weighted by molar-refractivity contribution is 0.330. The summed E-state index contributed by atoms with van der Waals surface area (Å²) < 4.78 is 2.18. The van der Waals surface area contributed by atoms with Crippen molar-refractivity contribution < 1.29 is 5.11 Å². The Kier molecular flexibility index (Phi) is 6.05. The molecule has 1 N–H and O–H groups in total. The van der Waals surface area contributed by atoms with Crippen molar-refractivity contribution in [2.45, 2.75) is 51.4 Å². The fraction of sp³-hybridized carbons (Fsp3) is 0.211. The molecule has 0 fully saturated rings. The zero-order valence-electron chi connectivity index (χ0n) is 24.6. The molecule has 0 unspecified atom stereocenters. The second-order valence-electron chi connectivity index (χ2n) is 12.8. The average molecular weight is 550 g/mol. The van der Waals surface area contributed by atoms with Gasteiger partial charge in [0.25, 0.3) is 0 Å². The maximum atomic E-state index is 11.6. The van der Waals surface area contributed by atoms with Gasteiger partial charge in [-0.1, -0.05) is 82.3 Å². The molecule has 4 aromatic carbocycles. The van der Waals surface area contributed by atoms with Crippen LogP contribution in [-0.2, 0) is 10.8 Å². The number of rotatable bonds is 4. The molecule has 0 atom stereocenters. The Morgan fingerprint density at radius 3 is 2.10 bits per heavy atom. The summed E-state index contributed by atoms with van der Waals surface area (Å²) in [7, 11) is 0. The minimum Gasteiger partial charge on any atom is -0.507 e. The molecule has 1 aliphatic rings. The summed E-state index contributed by atoms with van der Waals surface area (Å²) in [6.45, 7) is 9.19. The molecule has 42 heavy (non-hydrogen) atoms. The third-order valence-corrected chi connectivity index (χ3v) is 9.04. The third kappa shape index (κ3) is 4.30. The number of pyridine rings is 1. The molecule has 2 heterocycles. The lowest BCUT2D eigenvalue weighted by atomic mass is 9.63. The SMILES string of the molecule is CC1(C)CCC(C)(C)c2cc(-c3nc4c(-c5cccc(-c6ccccn6)c5)cccc4n3-c3ccccc3)c(O)cc21. The van der Waals surface area contributed by atoms with E-state index in [0.29, 0.717) is 0 Å². The van der Waals surface area contributed by atoms with Crippen LogP contribution in [0.3, 0.4) is 0 Å². The first-order chi connectivity index (χ1) is 20.2. The van der Waals surface area contributed by atoms with E-state index < -0.39 is 0 Å². The number of hydrogen-bond acceptors (Lipinski definition) is 3. The molecular weight excluding hydrogens is 514 g/mol. The van der Waals surface area contributed by atoms with Gasteiger partial charge < -0.3 is 5.11 Å². The van der Waals surface area contributed by atoms with Crippen LogP contribution in [0.1, 0.15) is 51.7 Å². The molecule has 4 heteroatoms. The summed E-state index contributed by atoms with van der Waals surface area (Å²) in [5.74, 6) is 1.01. The smallest absolute Gasteiger partial charge is 0.149 e. The van der Waals surface area contributed by atoms with Gasteiger partial charge in [0.2, 0.25) is 0 Å². The van der Waals surface area contributed by atoms with E-state index in [1.807, 2.05) is 48.7 Å². The zero-order valence-corrected chi connectivity index (χ0v) is 24.6. The fourth-order valence-corrected chi connectivity index (χ4v) is 6.51. The molecule has 0 amide bonds. The van der Waals surface area contributed by atoms with E-state index in [9.17, 15) is 5.11 Å². The van der Waals surface area contributed by atoms with E-state index >= 15 is 0 Å². The number of hydrogen-bond donors (Lipinski definition) is 1. The monoisotopic (exact) mass is 549 g/mol. The van der Waals surface area contributed by atoms with Crippen molar-refractivity contribution in [1.82, 2.24) is 14.5 Å². The Morgan fingerprint density at radius 1 is 0.667 bits per heavy atom. The van der Waals surface area contributed by atoms with Crippen LogP contribution in [0.2, 0.25) is 0 Å². The lowest BCUT2D eigenvalue weighted by Crippen LogP contribution is -2.33. The Balaban J connectivity index is 1.49. The average Bonchev–Trinajstić information content (AvgIpc) is 3.40. The van der Waals surface area contributed by atoms with Crippen molar-refractivity contribution >= 4 is 11.0 Å². The van der Waals surface area contributed by atoms with Crippen molar-refractivity contribution in [1.29, 1.82) is 0 Å². The van der Waals surface area contributed by atoms with Crippen molar-refractivity contribution in [3.05, 3.63) is 120 Å². The van der Waals surface area contributed by atoms with Crippen molar-refractivity contribution in [3.8, 4) is 45.2 Å². The Hall–Kier alpha value is -4.70. The van der Waals surface area contributed by atoms with Gasteiger partial charge in [0, 0.05) is 23.0 Å². The number of imidazole rings is 1. The second-order valence-corrected chi connectivity index (χ2v) is 12.8. The summed E-state index contributed by atoms with van der Waals surface area (Å²) in [6, 6.07) is 35.3. The maximum absolute atomic E-state index is 11.6. The Morgan fingerprint density at radius 2 is 1.36 bits per heavy atom. The molecular formula is C38H35N3O. The van der Waals surface area contributed by atoms with Crippen molar-refractivity contribution in [3.63, 3.8) is 0 Å². The number of benzene rings is 4. The van der Waals surface area contributed by atoms with E-state index in [1.54, 1.807) is 0 Å². The molecule has 4 nitrogen and oxygen atoms in total. The van der Waals surface area contributed by atoms with Crippen LogP contribution in [0.25, 0.3) is 50.5 Å². The second kappa shape index (κ2) is 9.70. The minimum atomic E-state index is 0.00618. The van der Waals surface area contributed by atoms with E-state index in [4.69, 9.17) is 4.98 Å². The molecule has 0 aliphatic heterocycles. The van der Waals surface area contributed by atoms with Gasteiger partial charge in [-0.05, 0) is 88.9 Å². The quantitative estimate of drug-likeness (QED) is 0.238. The first-order valence-corrected chi connectivity index (χ1v) is 14.7. The number of aromatic hydroxyl groups is 1. The normalized spacial score (nSPS) is 15.4. The molecule has 1 aliphatic carbocycles. The van der Waals surface area contributed by atoms with E-state index in [1.165, 1.54) is 11.1 Å². The number of fused-ring (bicyclic) bond motifs is 2. The van der Waals surface area contributed by atoms with Gasteiger partial charge in [-0.3, -0.25) is 9.55 Å². The minimum absolute atomic E-state index is 0.00618. The first-order valence-electron chi connectivity index (χ1n) is 14.7. The van der Waals surface area contributed by atoms with Crippen LogP contribution in [0.4, 0.5) is 0 Å². The summed E-state index contributed by atoms with van der Waals surface area (Å²) in [4.78, 5) is 9.88. The van der Waals surface area contributed by atoms with Gasteiger partial charge in [0.1, 0.15) is 11.6 Å². The van der Waals surface area contributed by atoms with Gasteiger partial charge >= 0.3 is 0 Å². The van der Waals surface area contributed by atoms with Crippen molar-refractivity contribution in [2.75, 3.05) is 0 Å². The first kappa shape index (κ1) is 26.2. The van der Waals surface area contributed by atoms with E-state index in [2.05, 4.69) is 97.9 Å². The number of aromatic nitrogens is 3. The van der Waals surface area contributed by atoms with Gasteiger partial charge in [0.05, 0.1) is 22.3 Å². The van der Waals surface area contributed by atoms with Gasteiger partial charge in [-0.15, -0.1) is 0 Å². The highest BCUT2D eigenvalue weighted by atomic mass is 16.3. The standard InChI is InChI=1S/C38H35N3O/c1-37(2)19-20-38(3,4)31-24-34(42)29(23-30(31)37)36-40-35-28(16-11-18-33(35)41(36)27-14-6-5-7-15-27)25-12-10-13-26(22-25)32-17-8-9-21-39-32/h5-18,21-24,42H,19-20H2,1-4H3. The highest BCUT2D eigenvalue weighted by molar-refractivity contribution is 5.96. The number of phenolic OH excluding ortho intramolecular Hbond substituents is 1. The highest BCUT2D eigenvalue weighted by Crippen LogP contribution is 2.49. The summed E-state index contributed by atoms with van der Waals surface area (Å²) in [5.41, 5.74) is 10.3. The molecule has 0 saturated carbocycles. The zero-order chi connectivity index (χ0) is 29.1. The fourth-order valence-electron chi connectivity index (χ4n) is 6.51. The maximum Gasteiger partial charge on any atom is 0.149 e. The third-order valence-electron chi connectivity index (χ3n) is 9.04. The number of nitrogens with zero attached hydrogens (tertiary/aromatic N) is 3. The predicted molar refractivity (Wildman–Crippen MR) is 172 cm³/mol. The van der Waals surface area contributed by atoms with Crippen LogP contribution >= 0.6 is 0 Å². The topological polar surface area (TPSA) is 50.9 Å². The number of para-hydroxylation sites is 2. The summed E-state index contributed by atoms with van der Waals surface area (Å²) in [6.07, 6.45) is 4.02. The summed E-state index contributed by atoms with van der Waals surface area (Å²) in [5, 5.41) is 11.6. The largest absolute Gasteiger partial charge is 0.507 e. The van der Waals surface area contributed by atoms with Gasteiger partial charge in [-0.2, -0.15) is 0 Å². The van der Waals surface area contributed by atoms with Crippen LogP contribution in [0.5, 0.6) is 5.75 Å². The lowest BCUT2D eigenvalue weighted by Gasteiger charge is -2.42. The van der Waals surface area contributed by atoms with Gasteiger partial charge in [-0.25, -0.2) is 4.98 Å². The highest BCUT2D eigenvalue weighted by Gasteiger charge is 2.38. The molecule has 0 radical (unpaired) electrons. The van der Waals surface area contributed by atoms with E-state index in [0.717, 1.165) is 63.3 Å². The molecule has 2 aromatic heterocycles. The molecule has 0 spiro atoms. The molecule has 208 valence electrons. The van der Waals surface area contributed by atoms with Crippen LogP contribution in [0.15, 0.2) is 109 Å². The van der Waals surface area contributed by atoms with Crippen LogP contribution in [0, 0.1) is 0 Å². The predicted octanol–water partition coefficient (Wildman–Crippen LogP) is 9.48. The molecule has 0 bridgehead atoms. The Bertz CT molecular complexity index is 1930. The van der Waals surface area contributed by atoms with Crippen LogP contribution < -0.4 is 0 Å². The number of phenols is 1. The van der Waals surface area contributed by atoms with Gasteiger partial charge in [0.15, 0.2) is 0 Å². The van der Waals surface area contributed by atoms with Crippen molar-refractivity contribution in [2.24, 2.45) is 0 Å². The molecule has 6 aromatic rings. The Labute approximate surface area is 247 Å². The molecule has 0 saturated heterocycles. The van der Waals surface area contributed by atoms with E-state index in [-0.39, 0.29) is 16.6 Å².